The lowest BCUT2D eigenvalue weighted by molar-refractivity contribution is 1.37. The number of halogens is 3. The fourth-order valence-corrected chi connectivity index (χ4v) is 3.79. The van der Waals surface area contributed by atoms with Gasteiger partial charge in [-0.05, 0) is 37.3 Å². The highest BCUT2D eigenvalue weighted by atomic mass is 79.9. The van der Waals surface area contributed by atoms with Crippen molar-refractivity contribution in [2.45, 2.75) is 6.92 Å². The average Bonchev–Trinajstić information content (AvgIpc) is 2.81. The van der Waals surface area contributed by atoms with E-state index in [1.807, 2.05) is 24.3 Å². The van der Waals surface area contributed by atoms with Crippen LogP contribution in [0.15, 0.2) is 46.9 Å². The first-order chi connectivity index (χ1) is 10.0. The van der Waals surface area contributed by atoms with Crippen molar-refractivity contribution >= 4 is 50.5 Å². The summed E-state index contributed by atoms with van der Waals surface area (Å²) in [4.78, 5) is 5.92. The van der Waals surface area contributed by atoms with Crippen molar-refractivity contribution in [1.82, 2.24) is 4.98 Å². The summed E-state index contributed by atoms with van der Waals surface area (Å²) in [7, 11) is 0. The van der Waals surface area contributed by atoms with Crippen molar-refractivity contribution in [1.29, 1.82) is 0 Å². The summed E-state index contributed by atoms with van der Waals surface area (Å²) < 4.78 is 1.06. The summed E-state index contributed by atoms with van der Waals surface area (Å²) in [5, 5.41) is 2.17. The Balaban J connectivity index is 2.07. The van der Waals surface area contributed by atoms with E-state index in [1.165, 1.54) is 4.88 Å². The summed E-state index contributed by atoms with van der Waals surface area (Å²) in [5.41, 5.74) is 3.05. The first kappa shape index (κ1) is 15.0. The summed E-state index contributed by atoms with van der Waals surface area (Å²) in [6.07, 6.45) is 0. The molecule has 0 amide bonds. The van der Waals surface area contributed by atoms with Crippen molar-refractivity contribution in [3.05, 3.63) is 61.9 Å². The molecule has 0 aliphatic carbocycles. The van der Waals surface area contributed by atoms with Crippen LogP contribution in [0.5, 0.6) is 0 Å². The van der Waals surface area contributed by atoms with Crippen LogP contribution >= 0.6 is 50.5 Å². The minimum Gasteiger partial charge on any atom is -0.236 e. The molecule has 106 valence electrons. The number of nitrogens with zero attached hydrogens (tertiary/aromatic N) is 1. The maximum atomic E-state index is 6.07. The van der Waals surface area contributed by atoms with E-state index in [2.05, 4.69) is 35.0 Å². The van der Waals surface area contributed by atoms with Gasteiger partial charge in [-0.2, -0.15) is 0 Å². The van der Waals surface area contributed by atoms with Gasteiger partial charge in [0.2, 0.25) is 0 Å². The first-order valence-electron chi connectivity index (χ1n) is 6.23. The molecule has 0 aliphatic rings. The zero-order valence-electron chi connectivity index (χ0n) is 11.0. The highest BCUT2D eigenvalue weighted by Crippen LogP contribution is 2.35. The maximum Gasteiger partial charge on any atom is 0.124 e. The minimum atomic E-state index is 0.621. The van der Waals surface area contributed by atoms with Gasteiger partial charge in [0.25, 0.3) is 0 Å². The van der Waals surface area contributed by atoms with Crippen LogP contribution in [0, 0.1) is 6.92 Å². The average molecular weight is 399 g/mol. The van der Waals surface area contributed by atoms with E-state index in [1.54, 1.807) is 17.4 Å². The third kappa shape index (κ3) is 3.32. The van der Waals surface area contributed by atoms with Gasteiger partial charge >= 0.3 is 0 Å². The molecular formula is C16H10BrCl2NS. The van der Waals surface area contributed by atoms with Gasteiger partial charge in [-0.15, -0.1) is 11.3 Å². The zero-order valence-corrected chi connectivity index (χ0v) is 14.9. The first-order valence-corrected chi connectivity index (χ1v) is 8.59. The van der Waals surface area contributed by atoms with Gasteiger partial charge in [0.15, 0.2) is 0 Å². The van der Waals surface area contributed by atoms with E-state index < -0.39 is 0 Å². The molecule has 2 aromatic carbocycles. The number of aryl methyl sites for hydroxylation is 1. The fraction of sp³-hybridized carbons (Fsp3) is 0.0625. The van der Waals surface area contributed by atoms with E-state index in [0.29, 0.717) is 10.0 Å². The second-order valence-electron chi connectivity index (χ2n) is 4.59. The Morgan fingerprint density at radius 1 is 0.952 bits per heavy atom. The molecule has 0 N–H and O–H groups in total. The predicted octanol–water partition coefficient (Wildman–Crippen LogP) is 6.85. The predicted molar refractivity (Wildman–Crippen MR) is 95.4 cm³/mol. The Hall–Kier alpha value is -0.870. The normalized spacial score (nSPS) is 10.9. The Kier molecular flexibility index (Phi) is 4.36. The molecule has 0 bridgehead atoms. The van der Waals surface area contributed by atoms with Gasteiger partial charge in [-0.1, -0.05) is 51.3 Å². The molecule has 0 fully saturated rings. The Bertz CT molecular complexity index is 776. The SMILES string of the molecule is Cc1sc(-c2cc(Cl)cc(Cl)c2)nc1-c1ccc(Br)cc1. The molecular weight excluding hydrogens is 389 g/mol. The monoisotopic (exact) mass is 397 g/mol. The summed E-state index contributed by atoms with van der Waals surface area (Å²) in [5.74, 6) is 0. The number of hydrogen-bond acceptors (Lipinski definition) is 2. The minimum absolute atomic E-state index is 0.621. The standard InChI is InChI=1S/C16H10BrCl2NS/c1-9-15(10-2-4-12(17)5-3-10)20-16(21-9)11-6-13(18)8-14(19)7-11/h2-8H,1H3. The van der Waals surface area contributed by atoms with Crippen LogP contribution < -0.4 is 0 Å². The van der Waals surface area contributed by atoms with Gasteiger partial charge in [0.1, 0.15) is 5.01 Å². The molecule has 0 saturated heterocycles. The third-order valence-corrected chi connectivity index (χ3v) is 5.01. The second-order valence-corrected chi connectivity index (χ2v) is 7.58. The Morgan fingerprint density at radius 3 is 2.19 bits per heavy atom. The van der Waals surface area contributed by atoms with Gasteiger partial charge < -0.3 is 0 Å². The number of hydrogen-bond donors (Lipinski definition) is 0. The summed E-state index contributed by atoms with van der Waals surface area (Å²) >= 11 is 17.2. The van der Waals surface area contributed by atoms with Crippen LogP contribution in [-0.4, -0.2) is 4.98 Å². The number of benzene rings is 2. The van der Waals surface area contributed by atoms with Crippen LogP contribution in [0.1, 0.15) is 4.88 Å². The zero-order chi connectivity index (χ0) is 15.0. The van der Waals surface area contributed by atoms with Gasteiger partial charge in [0, 0.05) is 30.5 Å². The molecule has 0 aliphatic heterocycles. The van der Waals surface area contributed by atoms with Crippen LogP contribution in [0.2, 0.25) is 10.0 Å². The van der Waals surface area contributed by atoms with Crippen LogP contribution in [0.4, 0.5) is 0 Å². The van der Waals surface area contributed by atoms with Crippen LogP contribution in [-0.2, 0) is 0 Å². The second kappa shape index (κ2) is 6.09. The quantitative estimate of drug-likeness (QED) is 0.459. The van der Waals surface area contributed by atoms with Crippen molar-refractivity contribution in [3.8, 4) is 21.8 Å². The fourth-order valence-electron chi connectivity index (χ4n) is 2.07. The van der Waals surface area contributed by atoms with E-state index in [-0.39, 0.29) is 0 Å². The lowest BCUT2D eigenvalue weighted by Crippen LogP contribution is -1.81. The van der Waals surface area contributed by atoms with Crippen LogP contribution in [0.3, 0.4) is 0 Å². The molecule has 0 saturated carbocycles. The number of thiazole rings is 1. The van der Waals surface area contributed by atoms with Crippen molar-refractivity contribution < 1.29 is 0 Å². The molecule has 0 spiro atoms. The van der Waals surface area contributed by atoms with Crippen molar-refractivity contribution in [3.63, 3.8) is 0 Å². The van der Waals surface area contributed by atoms with Crippen molar-refractivity contribution in [2.24, 2.45) is 0 Å². The van der Waals surface area contributed by atoms with Gasteiger partial charge in [-0.25, -0.2) is 4.98 Å². The van der Waals surface area contributed by atoms with Crippen molar-refractivity contribution in [2.75, 3.05) is 0 Å². The molecule has 5 heteroatoms. The molecule has 1 aromatic heterocycles. The third-order valence-electron chi connectivity index (χ3n) is 3.02. The molecule has 3 aromatic rings. The van der Waals surface area contributed by atoms with E-state index >= 15 is 0 Å². The molecule has 0 atom stereocenters. The smallest absolute Gasteiger partial charge is 0.124 e. The lowest BCUT2D eigenvalue weighted by Gasteiger charge is -2.00. The molecule has 0 unspecified atom stereocenters. The number of aromatic nitrogens is 1. The van der Waals surface area contributed by atoms with E-state index in [9.17, 15) is 0 Å². The highest BCUT2D eigenvalue weighted by Gasteiger charge is 2.12. The Labute approximate surface area is 145 Å². The maximum absolute atomic E-state index is 6.07. The molecule has 1 nitrogen and oxygen atoms in total. The molecule has 0 radical (unpaired) electrons. The highest BCUT2D eigenvalue weighted by molar-refractivity contribution is 9.10. The largest absolute Gasteiger partial charge is 0.236 e. The summed E-state index contributed by atoms with van der Waals surface area (Å²) in [6.45, 7) is 2.07. The Morgan fingerprint density at radius 2 is 1.57 bits per heavy atom. The van der Waals surface area contributed by atoms with Crippen LogP contribution in [0.25, 0.3) is 21.8 Å². The number of rotatable bonds is 2. The molecule has 21 heavy (non-hydrogen) atoms. The van der Waals surface area contributed by atoms with E-state index in [4.69, 9.17) is 28.2 Å². The van der Waals surface area contributed by atoms with E-state index in [0.717, 1.165) is 26.3 Å². The van der Waals surface area contributed by atoms with Gasteiger partial charge in [-0.3, -0.25) is 0 Å². The molecule has 3 rings (SSSR count). The topological polar surface area (TPSA) is 12.9 Å². The molecule has 1 heterocycles. The van der Waals surface area contributed by atoms with Gasteiger partial charge in [0.05, 0.1) is 5.69 Å². The lowest BCUT2D eigenvalue weighted by atomic mass is 10.1. The summed E-state index contributed by atoms with van der Waals surface area (Å²) in [6, 6.07) is 13.6.